The zero-order valence-electron chi connectivity index (χ0n) is 15.5. The summed E-state index contributed by atoms with van der Waals surface area (Å²) in [5, 5.41) is 0. The average Bonchev–Trinajstić information content (AvgIpc) is 2.69. The Labute approximate surface area is 157 Å². The van der Waals surface area contributed by atoms with Gasteiger partial charge in [-0.25, -0.2) is 0 Å². The summed E-state index contributed by atoms with van der Waals surface area (Å²) in [5.74, 6) is 0.369. The van der Waals surface area contributed by atoms with Gasteiger partial charge in [-0.1, -0.05) is 24.3 Å². The lowest BCUT2D eigenvalue weighted by molar-refractivity contribution is -0.121. The van der Waals surface area contributed by atoms with Crippen molar-refractivity contribution >= 4 is 17.3 Å². The Balaban J connectivity index is 2.04. The Morgan fingerprint density at radius 3 is 1.93 bits per heavy atom. The topological polar surface area (TPSA) is 69.7 Å². The van der Waals surface area contributed by atoms with E-state index in [0.29, 0.717) is 41.9 Å². The van der Waals surface area contributed by atoms with Crippen molar-refractivity contribution in [3.8, 4) is 11.5 Å². The SMILES string of the molecule is COc1c2c(c(OC)c3c1C(=O)c1ccccc1C3=O)C[C@@H](C(C)=O)CC2. The van der Waals surface area contributed by atoms with Crippen molar-refractivity contribution in [3.05, 3.63) is 57.6 Å². The lowest BCUT2D eigenvalue weighted by Crippen LogP contribution is -2.27. The van der Waals surface area contributed by atoms with Gasteiger partial charge in [0, 0.05) is 28.2 Å². The lowest BCUT2D eigenvalue weighted by Gasteiger charge is -2.31. The third-order valence-corrected chi connectivity index (χ3v) is 5.66. The molecule has 4 rings (SSSR count). The van der Waals surface area contributed by atoms with Crippen LogP contribution in [0.1, 0.15) is 56.3 Å². The van der Waals surface area contributed by atoms with Gasteiger partial charge in [0.2, 0.25) is 0 Å². The molecule has 0 unspecified atom stereocenters. The molecule has 0 bridgehead atoms. The van der Waals surface area contributed by atoms with Gasteiger partial charge in [0.05, 0.1) is 25.3 Å². The molecule has 0 saturated carbocycles. The number of benzene rings is 2. The Hall–Kier alpha value is -2.95. The summed E-state index contributed by atoms with van der Waals surface area (Å²) in [6, 6.07) is 6.80. The first kappa shape index (κ1) is 17.5. The van der Waals surface area contributed by atoms with E-state index in [1.54, 1.807) is 31.2 Å². The Morgan fingerprint density at radius 2 is 1.44 bits per heavy atom. The molecule has 138 valence electrons. The molecule has 2 aliphatic rings. The van der Waals surface area contributed by atoms with Gasteiger partial charge in [-0.3, -0.25) is 14.4 Å². The van der Waals surface area contributed by atoms with Crippen molar-refractivity contribution in [2.45, 2.75) is 26.2 Å². The van der Waals surface area contributed by atoms with Gasteiger partial charge in [0.25, 0.3) is 0 Å². The van der Waals surface area contributed by atoms with Crippen LogP contribution in [0.4, 0.5) is 0 Å². The molecule has 0 amide bonds. The fourth-order valence-electron chi connectivity index (χ4n) is 4.33. The van der Waals surface area contributed by atoms with Crippen LogP contribution >= 0.6 is 0 Å². The maximum absolute atomic E-state index is 13.2. The smallest absolute Gasteiger partial charge is 0.198 e. The van der Waals surface area contributed by atoms with Gasteiger partial charge in [0.1, 0.15) is 17.3 Å². The van der Waals surface area contributed by atoms with Crippen molar-refractivity contribution in [1.29, 1.82) is 0 Å². The van der Waals surface area contributed by atoms with Crippen molar-refractivity contribution in [3.63, 3.8) is 0 Å². The molecule has 0 heterocycles. The number of methoxy groups -OCH3 is 2. The van der Waals surface area contributed by atoms with E-state index < -0.39 is 0 Å². The van der Waals surface area contributed by atoms with Crippen LogP contribution in [0.25, 0.3) is 0 Å². The highest BCUT2D eigenvalue weighted by Gasteiger charge is 2.40. The summed E-state index contributed by atoms with van der Waals surface area (Å²) in [4.78, 5) is 38.4. The first-order chi connectivity index (χ1) is 13.0. The molecular formula is C22H20O5. The average molecular weight is 364 g/mol. The van der Waals surface area contributed by atoms with E-state index in [4.69, 9.17) is 9.47 Å². The Bertz CT molecular complexity index is 1000. The third-order valence-electron chi connectivity index (χ3n) is 5.66. The monoisotopic (exact) mass is 364 g/mol. The van der Waals surface area contributed by atoms with Crippen LogP contribution in [0.3, 0.4) is 0 Å². The lowest BCUT2D eigenvalue weighted by atomic mass is 9.75. The van der Waals surface area contributed by atoms with Gasteiger partial charge < -0.3 is 9.47 Å². The number of Topliss-reactive ketones (excluding diaryl/α,β-unsaturated/α-hetero) is 1. The van der Waals surface area contributed by atoms with Gasteiger partial charge in [0.15, 0.2) is 11.6 Å². The number of ether oxygens (including phenoxy) is 2. The second kappa shape index (κ2) is 6.34. The first-order valence-electron chi connectivity index (χ1n) is 8.98. The maximum atomic E-state index is 13.2. The van der Waals surface area contributed by atoms with E-state index in [1.807, 2.05) is 0 Å². The minimum Gasteiger partial charge on any atom is -0.496 e. The summed E-state index contributed by atoms with van der Waals surface area (Å²) >= 11 is 0. The number of rotatable bonds is 3. The molecule has 0 radical (unpaired) electrons. The molecule has 27 heavy (non-hydrogen) atoms. The fraction of sp³-hybridized carbons (Fsp3) is 0.318. The van der Waals surface area contributed by atoms with E-state index in [9.17, 15) is 14.4 Å². The number of fused-ring (bicyclic) bond motifs is 3. The van der Waals surface area contributed by atoms with Crippen LogP contribution in [-0.4, -0.2) is 31.6 Å². The normalized spacial score (nSPS) is 17.7. The highest BCUT2D eigenvalue weighted by molar-refractivity contribution is 6.30. The summed E-state index contributed by atoms with van der Waals surface area (Å²) < 4.78 is 11.3. The van der Waals surface area contributed by atoms with Crippen molar-refractivity contribution < 1.29 is 23.9 Å². The summed E-state index contributed by atoms with van der Waals surface area (Å²) in [6.45, 7) is 1.59. The van der Waals surface area contributed by atoms with Gasteiger partial charge in [-0.15, -0.1) is 0 Å². The summed E-state index contributed by atoms with van der Waals surface area (Å²) in [6.07, 6.45) is 1.79. The van der Waals surface area contributed by atoms with E-state index in [2.05, 4.69) is 0 Å². The van der Waals surface area contributed by atoms with E-state index in [1.165, 1.54) is 14.2 Å². The van der Waals surface area contributed by atoms with Crippen LogP contribution in [0.5, 0.6) is 11.5 Å². The number of carbonyl (C=O) groups is 3. The molecule has 0 aromatic heterocycles. The third kappa shape index (κ3) is 2.41. The van der Waals surface area contributed by atoms with E-state index in [0.717, 1.165) is 11.1 Å². The number of ketones is 3. The Morgan fingerprint density at radius 1 is 0.926 bits per heavy atom. The quantitative estimate of drug-likeness (QED) is 0.714. The summed E-state index contributed by atoms with van der Waals surface area (Å²) in [5.41, 5.74) is 2.95. The largest absolute Gasteiger partial charge is 0.496 e. The standard InChI is InChI=1S/C22H20O5/c1-11(23)12-8-9-15-16(10-12)22(27-3)18-17(21(15)26-2)19(24)13-6-4-5-7-14(13)20(18)25/h4-7,12H,8-10H2,1-3H3/t12-/m0/s1. The number of hydrogen-bond donors (Lipinski definition) is 0. The molecule has 0 spiro atoms. The predicted molar refractivity (Wildman–Crippen MR) is 99.0 cm³/mol. The summed E-state index contributed by atoms with van der Waals surface area (Å²) in [7, 11) is 3.01. The molecule has 0 fully saturated rings. The minimum atomic E-state index is -0.247. The van der Waals surface area contributed by atoms with E-state index in [-0.39, 0.29) is 34.4 Å². The van der Waals surface area contributed by atoms with Crippen LogP contribution in [0, 0.1) is 5.92 Å². The molecule has 0 saturated heterocycles. The Kier molecular flexibility index (Phi) is 4.10. The second-order valence-corrected chi connectivity index (χ2v) is 7.03. The molecule has 2 aromatic rings. The van der Waals surface area contributed by atoms with Crippen LogP contribution in [0.15, 0.2) is 24.3 Å². The van der Waals surface area contributed by atoms with Gasteiger partial charge in [-0.2, -0.15) is 0 Å². The minimum absolute atomic E-state index is 0.115. The molecule has 1 atom stereocenters. The second-order valence-electron chi connectivity index (χ2n) is 7.03. The van der Waals surface area contributed by atoms with Crippen molar-refractivity contribution in [2.24, 2.45) is 5.92 Å². The van der Waals surface area contributed by atoms with Crippen LogP contribution in [0.2, 0.25) is 0 Å². The fourth-order valence-corrected chi connectivity index (χ4v) is 4.33. The van der Waals surface area contributed by atoms with Crippen LogP contribution in [-0.2, 0) is 17.6 Å². The molecular weight excluding hydrogens is 344 g/mol. The highest BCUT2D eigenvalue weighted by Crippen LogP contribution is 2.47. The predicted octanol–water partition coefficient (Wildman–Crippen LogP) is 3.17. The van der Waals surface area contributed by atoms with Crippen molar-refractivity contribution in [1.82, 2.24) is 0 Å². The highest BCUT2D eigenvalue weighted by atomic mass is 16.5. The molecule has 2 aromatic carbocycles. The number of hydrogen-bond acceptors (Lipinski definition) is 5. The van der Waals surface area contributed by atoms with Crippen LogP contribution < -0.4 is 9.47 Å². The molecule has 0 aliphatic heterocycles. The maximum Gasteiger partial charge on any atom is 0.198 e. The first-order valence-corrected chi connectivity index (χ1v) is 8.98. The molecule has 2 aliphatic carbocycles. The zero-order chi connectivity index (χ0) is 19.3. The zero-order valence-corrected chi connectivity index (χ0v) is 15.5. The molecule has 5 heteroatoms. The van der Waals surface area contributed by atoms with Gasteiger partial charge >= 0.3 is 0 Å². The number of carbonyl (C=O) groups excluding carboxylic acids is 3. The van der Waals surface area contributed by atoms with E-state index >= 15 is 0 Å². The van der Waals surface area contributed by atoms with Gasteiger partial charge in [-0.05, 0) is 26.2 Å². The molecule has 0 N–H and O–H groups in total. The van der Waals surface area contributed by atoms with Crippen molar-refractivity contribution in [2.75, 3.05) is 14.2 Å². The molecule has 5 nitrogen and oxygen atoms in total.